The maximum absolute atomic E-state index is 11.8. The second-order valence-electron chi connectivity index (χ2n) is 5.12. The van der Waals surface area contributed by atoms with Crippen molar-refractivity contribution in [2.24, 2.45) is 0 Å². The Morgan fingerprint density at radius 3 is 2.53 bits per heavy atom. The lowest BCUT2D eigenvalue weighted by Crippen LogP contribution is -2.52. The SMILES string of the molecule is O=C1CC(c2ccccc2)C2(CCNCC2)N1. The number of rotatable bonds is 1. The Morgan fingerprint density at radius 1 is 1.12 bits per heavy atom. The molecular formula is C14H18N2O. The number of carbonyl (C=O) groups is 1. The second kappa shape index (κ2) is 4.15. The Kier molecular flexibility index (Phi) is 2.63. The van der Waals surface area contributed by atoms with Crippen molar-refractivity contribution in [1.29, 1.82) is 0 Å². The van der Waals surface area contributed by atoms with Crippen LogP contribution in [-0.2, 0) is 4.79 Å². The van der Waals surface area contributed by atoms with Crippen LogP contribution in [0.4, 0.5) is 0 Å². The van der Waals surface area contributed by atoms with Crippen molar-refractivity contribution >= 4 is 5.91 Å². The first-order valence-corrected chi connectivity index (χ1v) is 6.37. The number of amides is 1. The highest BCUT2D eigenvalue weighted by molar-refractivity contribution is 5.81. The minimum Gasteiger partial charge on any atom is -0.350 e. The number of carbonyl (C=O) groups excluding carboxylic acids is 1. The van der Waals surface area contributed by atoms with Gasteiger partial charge in [-0.2, -0.15) is 0 Å². The molecule has 0 saturated carbocycles. The normalized spacial score (nSPS) is 27.1. The van der Waals surface area contributed by atoms with Crippen LogP contribution in [0.5, 0.6) is 0 Å². The quantitative estimate of drug-likeness (QED) is 0.766. The van der Waals surface area contributed by atoms with Gasteiger partial charge in [-0.1, -0.05) is 30.3 Å². The fourth-order valence-electron chi connectivity index (χ4n) is 3.27. The van der Waals surface area contributed by atoms with E-state index in [0.717, 1.165) is 25.9 Å². The molecule has 1 spiro atoms. The zero-order valence-electron chi connectivity index (χ0n) is 9.91. The minimum atomic E-state index is 0.00366. The van der Waals surface area contributed by atoms with Gasteiger partial charge in [0.05, 0.1) is 0 Å². The maximum atomic E-state index is 11.8. The van der Waals surface area contributed by atoms with E-state index in [1.807, 2.05) is 6.07 Å². The molecule has 2 saturated heterocycles. The molecule has 3 heteroatoms. The Hall–Kier alpha value is -1.35. The van der Waals surface area contributed by atoms with Gasteiger partial charge in [0.25, 0.3) is 0 Å². The van der Waals surface area contributed by atoms with Crippen LogP contribution >= 0.6 is 0 Å². The molecular weight excluding hydrogens is 212 g/mol. The molecule has 2 aliphatic heterocycles. The monoisotopic (exact) mass is 230 g/mol. The maximum Gasteiger partial charge on any atom is 0.221 e. The number of nitrogens with one attached hydrogen (secondary N) is 2. The zero-order valence-corrected chi connectivity index (χ0v) is 9.91. The van der Waals surface area contributed by atoms with Crippen LogP contribution in [0.3, 0.4) is 0 Å². The molecule has 0 aliphatic carbocycles. The lowest BCUT2D eigenvalue weighted by atomic mass is 9.75. The molecule has 2 aliphatic rings. The van der Waals surface area contributed by atoms with E-state index >= 15 is 0 Å². The summed E-state index contributed by atoms with van der Waals surface area (Å²) in [5.74, 6) is 0.555. The molecule has 3 nitrogen and oxygen atoms in total. The molecule has 90 valence electrons. The molecule has 1 amide bonds. The summed E-state index contributed by atoms with van der Waals surface area (Å²) in [5, 5.41) is 6.61. The summed E-state index contributed by atoms with van der Waals surface area (Å²) >= 11 is 0. The molecule has 1 unspecified atom stereocenters. The van der Waals surface area contributed by atoms with Crippen molar-refractivity contribution in [3.8, 4) is 0 Å². The summed E-state index contributed by atoms with van der Waals surface area (Å²) in [4.78, 5) is 11.8. The van der Waals surface area contributed by atoms with Crippen molar-refractivity contribution in [2.75, 3.05) is 13.1 Å². The number of hydrogen-bond donors (Lipinski definition) is 2. The van der Waals surface area contributed by atoms with Gasteiger partial charge in [-0.3, -0.25) is 4.79 Å². The molecule has 1 atom stereocenters. The van der Waals surface area contributed by atoms with Gasteiger partial charge in [-0.05, 0) is 31.5 Å². The van der Waals surface area contributed by atoms with E-state index in [4.69, 9.17) is 0 Å². The lowest BCUT2D eigenvalue weighted by molar-refractivity contribution is -0.119. The third-order valence-electron chi connectivity index (χ3n) is 4.14. The van der Waals surface area contributed by atoms with Crippen LogP contribution in [0.2, 0.25) is 0 Å². The molecule has 0 aromatic heterocycles. The standard InChI is InChI=1S/C14H18N2O/c17-13-10-12(11-4-2-1-3-5-11)14(16-13)6-8-15-9-7-14/h1-5,12,15H,6-10H2,(H,16,17). The van der Waals surface area contributed by atoms with Crippen LogP contribution < -0.4 is 10.6 Å². The first-order chi connectivity index (χ1) is 8.30. The average Bonchev–Trinajstić information content (AvgIpc) is 2.68. The van der Waals surface area contributed by atoms with Gasteiger partial charge in [-0.15, -0.1) is 0 Å². The van der Waals surface area contributed by atoms with Gasteiger partial charge in [0.15, 0.2) is 0 Å². The van der Waals surface area contributed by atoms with Crippen LogP contribution in [0.25, 0.3) is 0 Å². The van der Waals surface area contributed by atoms with E-state index < -0.39 is 0 Å². The molecule has 1 aromatic carbocycles. The fourth-order valence-corrected chi connectivity index (χ4v) is 3.27. The molecule has 1 aromatic rings. The molecule has 2 fully saturated rings. The summed E-state index contributed by atoms with van der Waals surface area (Å²) in [7, 11) is 0. The van der Waals surface area contributed by atoms with Crippen molar-refractivity contribution in [1.82, 2.24) is 10.6 Å². The minimum absolute atomic E-state index is 0.00366. The van der Waals surface area contributed by atoms with Crippen LogP contribution in [-0.4, -0.2) is 24.5 Å². The highest BCUT2D eigenvalue weighted by Crippen LogP contribution is 2.41. The summed E-state index contributed by atoms with van der Waals surface area (Å²) in [6.07, 6.45) is 2.72. The number of benzene rings is 1. The smallest absolute Gasteiger partial charge is 0.221 e. The first kappa shape index (κ1) is 10.8. The van der Waals surface area contributed by atoms with Gasteiger partial charge >= 0.3 is 0 Å². The summed E-state index contributed by atoms with van der Waals surface area (Å²) in [6.45, 7) is 2.01. The van der Waals surface area contributed by atoms with Gasteiger partial charge in [0, 0.05) is 17.9 Å². The predicted octanol–water partition coefficient (Wildman–Crippen LogP) is 1.41. The number of piperidine rings is 1. The van der Waals surface area contributed by atoms with E-state index in [1.165, 1.54) is 5.56 Å². The van der Waals surface area contributed by atoms with Crippen molar-refractivity contribution in [2.45, 2.75) is 30.7 Å². The fraction of sp³-hybridized carbons (Fsp3) is 0.500. The van der Waals surface area contributed by atoms with Crippen molar-refractivity contribution < 1.29 is 4.79 Å². The first-order valence-electron chi connectivity index (χ1n) is 6.37. The third-order valence-corrected chi connectivity index (χ3v) is 4.14. The molecule has 3 rings (SSSR count). The third kappa shape index (κ3) is 1.84. The van der Waals surface area contributed by atoms with Gasteiger partial charge in [-0.25, -0.2) is 0 Å². The molecule has 17 heavy (non-hydrogen) atoms. The van der Waals surface area contributed by atoms with Crippen LogP contribution in [0.15, 0.2) is 30.3 Å². The van der Waals surface area contributed by atoms with E-state index in [9.17, 15) is 4.79 Å². The summed E-state index contributed by atoms with van der Waals surface area (Å²) in [5.41, 5.74) is 1.30. The highest BCUT2D eigenvalue weighted by atomic mass is 16.2. The van der Waals surface area contributed by atoms with Gasteiger partial charge in [0.1, 0.15) is 0 Å². The average molecular weight is 230 g/mol. The van der Waals surface area contributed by atoms with Crippen LogP contribution in [0, 0.1) is 0 Å². The van der Waals surface area contributed by atoms with Gasteiger partial charge in [0.2, 0.25) is 5.91 Å². The topological polar surface area (TPSA) is 41.1 Å². The largest absolute Gasteiger partial charge is 0.350 e. The Labute approximate surface area is 102 Å². The molecule has 0 bridgehead atoms. The predicted molar refractivity (Wildman–Crippen MR) is 66.8 cm³/mol. The Bertz CT molecular complexity index is 409. The van der Waals surface area contributed by atoms with E-state index in [0.29, 0.717) is 12.3 Å². The lowest BCUT2D eigenvalue weighted by Gasteiger charge is -2.39. The van der Waals surface area contributed by atoms with E-state index in [2.05, 4.69) is 34.9 Å². The van der Waals surface area contributed by atoms with Gasteiger partial charge < -0.3 is 10.6 Å². The number of hydrogen-bond acceptors (Lipinski definition) is 2. The van der Waals surface area contributed by atoms with Crippen LogP contribution in [0.1, 0.15) is 30.7 Å². The molecule has 2 N–H and O–H groups in total. The summed E-state index contributed by atoms with van der Waals surface area (Å²) in [6, 6.07) is 10.5. The van der Waals surface area contributed by atoms with Crippen molar-refractivity contribution in [3.05, 3.63) is 35.9 Å². The molecule has 0 radical (unpaired) electrons. The summed E-state index contributed by atoms with van der Waals surface area (Å²) < 4.78 is 0. The molecule has 2 heterocycles. The van der Waals surface area contributed by atoms with E-state index in [-0.39, 0.29) is 11.4 Å². The second-order valence-corrected chi connectivity index (χ2v) is 5.12. The van der Waals surface area contributed by atoms with E-state index in [1.54, 1.807) is 0 Å². The van der Waals surface area contributed by atoms with Crippen molar-refractivity contribution in [3.63, 3.8) is 0 Å². The Balaban J connectivity index is 1.94. The Morgan fingerprint density at radius 2 is 1.82 bits per heavy atom. The zero-order chi connectivity index (χ0) is 11.7. The highest BCUT2D eigenvalue weighted by Gasteiger charge is 2.47.